The van der Waals surface area contributed by atoms with Gasteiger partial charge in [-0.3, -0.25) is 14.5 Å². The summed E-state index contributed by atoms with van der Waals surface area (Å²) in [5.74, 6) is -2.30. The molecule has 3 heterocycles. The Morgan fingerprint density at radius 3 is 2.78 bits per heavy atom. The highest BCUT2D eigenvalue weighted by atomic mass is 35.5. The lowest BCUT2D eigenvalue weighted by Crippen LogP contribution is -2.49. The topological polar surface area (TPSA) is 97.3 Å². The van der Waals surface area contributed by atoms with Crippen LogP contribution in [0.3, 0.4) is 0 Å². The van der Waals surface area contributed by atoms with Crippen LogP contribution in [0.15, 0.2) is 36.7 Å². The van der Waals surface area contributed by atoms with Crippen LogP contribution in [0.25, 0.3) is 11.3 Å². The molecular weight excluding hydrogens is 444 g/mol. The van der Waals surface area contributed by atoms with Gasteiger partial charge in [-0.1, -0.05) is 11.6 Å². The highest BCUT2D eigenvalue weighted by molar-refractivity contribution is 6.33. The second-order valence-corrected chi connectivity index (χ2v) is 7.47. The standard InChI is InChI=1S/C21H16ClF2N5O3/c1-10-5-11(3-4-14(10)24)17-13(22)8-25-18(28-17)20(30)27-15-9-32-16-6-12(23)7-26-19(16)29(2)21(15)31/h3-8,15H,9H2,1-2H3,(H,27,30)/t15-/m0/s1. The number of hydrogen-bond donors (Lipinski definition) is 1. The van der Waals surface area contributed by atoms with Crippen molar-refractivity contribution in [1.29, 1.82) is 0 Å². The minimum absolute atomic E-state index is 0.0781. The first-order chi connectivity index (χ1) is 15.2. The average Bonchev–Trinajstić information content (AvgIpc) is 2.88. The fourth-order valence-electron chi connectivity index (χ4n) is 3.15. The number of carbonyl (C=O) groups excluding carboxylic acids is 2. The molecule has 32 heavy (non-hydrogen) atoms. The van der Waals surface area contributed by atoms with Gasteiger partial charge < -0.3 is 10.1 Å². The third-order valence-corrected chi connectivity index (χ3v) is 5.11. The molecule has 0 radical (unpaired) electrons. The number of fused-ring (bicyclic) bond motifs is 1. The summed E-state index contributed by atoms with van der Waals surface area (Å²) in [6.45, 7) is 1.35. The predicted octanol–water partition coefficient (Wildman–Crippen LogP) is 2.93. The van der Waals surface area contributed by atoms with Crippen molar-refractivity contribution in [3.8, 4) is 17.0 Å². The summed E-state index contributed by atoms with van der Waals surface area (Å²) >= 11 is 6.18. The number of pyridine rings is 1. The number of nitrogens with one attached hydrogen (secondary N) is 1. The Morgan fingerprint density at radius 1 is 1.25 bits per heavy atom. The molecule has 0 spiro atoms. The van der Waals surface area contributed by atoms with Crippen LogP contribution >= 0.6 is 11.6 Å². The number of benzene rings is 1. The van der Waals surface area contributed by atoms with Gasteiger partial charge in [0.05, 0.1) is 23.1 Å². The van der Waals surface area contributed by atoms with Crippen LogP contribution in [0.5, 0.6) is 5.75 Å². The van der Waals surface area contributed by atoms with Gasteiger partial charge in [0.25, 0.3) is 11.8 Å². The van der Waals surface area contributed by atoms with Gasteiger partial charge in [0, 0.05) is 18.7 Å². The van der Waals surface area contributed by atoms with Gasteiger partial charge in [0.1, 0.15) is 24.3 Å². The molecule has 11 heteroatoms. The molecule has 0 unspecified atom stereocenters. The van der Waals surface area contributed by atoms with E-state index in [9.17, 15) is 18.4 Å². The third kappa shape index (κ3) is 4.09. The van der Waals surface area contributed by atoms with E-state index in [0.29, 0.717) is 11.1 Å². The smallest absolute Gasteiger partial charge is 0.289 e. The Labute approximate surface area is 186 Å². The minimum Gasteiger partial charge on any atom is -0.487 e. The van der Waals surface area contributed by atoms with E-state index >= 15 is 0 Å². The van der Waals surface area contributed by atoms with Crippen molar-refractivity contribution in [2.45, 2.75) is 13.0 Å². The number of anilines is 1. The van der Waals surface area contributed by atoms with Crippen molar-refractivity contribution >= 4 is 29.2 Å². The lowest BCUT2D eigenvalue weighted by Gasteiger charge is -2.19. The second kappa shape index (κ2) is 8.46. The van der Waals surface area contributed by atoms with Crippen LogP contribution in [0.4, 0.5) is 14.6 Å². The maximum absolute atomic E-state index is 13.6. The first-order valence-electron chi connectivity index (χ1n) is 9.40. The highest BCUT2D eigenvalue weighted by Gasteiger charge is 2.32. The number of likely N-dealkylation sites (N-methyl/N-ethyl adjacent to an activating group) is 1. The molecule has 2 aromatic heterocycles. The van der Waals surface area contributed by atoms with E-state index < -0.39 is 23.7 Å². The number of rotatable bonds is 3. The molecule has 1 N–H and O–H groups in total. The Balaban J connectivity index is 1.58. The lowest BCUT2D eigenvalue weighted by molar-refractivity contribution is -0.120. The van der Waals surface area contributed by atoms with Crippen molar-refractivity contribution in [2.75, 3.05) is 18.6 Å². The van der Waals surface area contributed by atoms with Gasteiger partial charge in [-0.2, -0.15) is 0 Å². The van der Waals surface area contributed by atoms with E-state index in [1.807, 2.05) is 0 Å². The maximum atomic E-state index is 13.6. The van der Waals surface area contributed by atoms with E-state index in [1.165, 1.54) is 30.3 Å². The Morgan fingerprint density at radius 2 is 2.03 bits per heavy atom. The van der Waals surface area contributed by atoms with E-state index in [0.717, 1.165) is 12.3 Å². The van der Waals surface area contributed by atoms with Gasteiger partial charge >= 0.3 is 0 Å². The number of nitrogens with zero attached hydrogens (tertiary/aromatic N) is 4. The van der Waals surface area contributed by atoms with Gasteiger partial charge in [-0.25, -0.2) is 23.7 Å². The number of aromatic nitrogens is 3. The van der Waals surface area contributed by atoms with Crippen LogP contribution in [0.2, 0.25) is 5.02 Å². The average molecular weight is 460 g/mol. The van der Waals surface area contributed by atoms with Crippen LogP contribution in [0.1, 0.15) is 16.2 Å². The molecular formula is C21H16ClF2N5O3. The normalized spacial score (nSPS) is 15.6. The summed E-state index contributed by atoms with van der Waals surface area (Å²) in [5, 5.41) is 2.69. The maximum Gasteiger partial charge on any atom is 0.289 e. The van der Waals surface area contributed by atoms with E-state index in [1.54, 1.807) is 13.0 Å². The first kappa shape index (κ1) is 21.6. The Kier molecular flexibility index (Phi) is 5.70. The Hall–Kier alpha value is -3.66. The fraction of sp³-hybridized carbons (Fsp3) is 0.190. The molecule has 0 saturated carbocycles. The van der Waals surface area contributed by atoms with Crippen molar-refractivity contribution in [2.24, 2.45) is 0 Å². The molecule has 3 aromatic rings. The second-order valence-electron chi connectivity index (χ2n) is 7.06. The molecule has 0 fully saturated rings. The number of halogens is 3. The fourth-order valence-corrected chi connectivity index (χ4v) is 3.35. The zero-order valence-corrected chi connectivity index (χ0v) is 17.7. The molecule has 1 aromatic carbocycles. The SMILES string of the molecule is Cc1cc(-c2nc(C(=O)N[C@H]3COc4cc(F)cnc4N(C)C3=O)ncc2Cl)ccc1F. The van der Waals surface area contributed by atoms with Crippen LogP contribution in [-0.2, 0) is 4.79 Å². The summed E-state index contributed by atoms with van der Waals surface area (Å²) < 4.78 is 32.6. The summed E-state index contributed by atoms with van der Waals surface area (Å²) in [6, 6.07) is 4.32. The number of aryl methyl sites for hydroxylation is 1. The van der Waals surface area contributed by atoms with Gasteiger partial charge in [0.15, 0.2) is 11.6 Å². The van der Waals surface area contributed by atoms with Crippen LogP contribution in [0, 0.1) is 18.6 Å². The predicted molar refractivity (Wildman–Crippen MR) is 112 cm³/mol. The van der Waals surface area contributed by atoms with E-state index in [4.69, 9.17) is 16.3 Å². The van der Waals surface area contributed by atoms with Crippen LogP contribution in [-0.4, -0.2) is 46.5 Å². The molecule has 1 atom stereocenters. The first-order valence-corrected chi connectivity index (χ1v) is 9.78. The van der Waals surface area contributed by atoms with Gasteiger partial charge in [0.2, 0.25) is 5.82 Å². The summed E-state index contributed by atoms with van der Waals surface area (Å²) in [4.78, 5) is 38.7. The molecule has 164 valence electrons. The summed E-state index contributed by atoms with van der Waals surface area (Å²) in [7, 11) is 1.44. The monoisotopic (exact) mass is 459 g/mol. The quantitative estimate of drug-likeness (QED) is 0.647. The van der Waals surface area contributed by atoms with E-state index in [-0.39, 0.29) is 40.5 Å². The van der Waals surface area contributed by atoms with Crippen molar-refractivity contribution in [1.82, 2.24) is 20.3 Å². The summed E-state index contributed by atoms with van der Waals surface area (Å²) in [6.07, 6.45) is 2.21. The van der Waals surface area contributed by atoms with Gasteiger partial charge in [-0.15, -0.1) is 0 Å². The number of amides is 2. The molecule has 1 aliphatic heterocycles. The number of carbonyl (C=O) groups is 2. The molecule has 0 bridgehead atoms. The minimum atomic E-state index is -1.10. The molecule has 4 rings (SSSR count). The zero-order chi connectivity index (χ0) is 23.0. The summed E-state index contributed by atoms with van der Waals surface area (Å²) in [5.41, 5.74) is 1.13. The largest absolute Gasteiger partial charge is 0.487 e. The lowest BCUT2D eigenvalue weighted by atomic mass is 10.1. The zero-order valence-electron chi connectivity index (χ0n) is 16.9. The van der Waals surface area contributed by atoms with Crippen molar-refractivity contribution in [3.05, 3.63) is 64.7 Å². The van der Waals surface area contributed by atoms with Gasteiger partial charge in [-0.05, 0) is 30.7 Å². The molecule has 0 aliphatic carbocycles. The van der Waals surface area contributed by atoms with E-state index in [2.05, 4.69) is 20.3 Å². The van der Waals surface area contributed by atoms with Crippen molar-refractivity contribution < 1.29 is 23.1 Å². The highest BCUT2D eigenvalue weighted by Crippen LogP contribution is 2.29. The van der Waals surface area contributed by atoms with Crippen molar-refractivity contribution in [3.63, 3.8) is 0 Å². The third-order valence-electron chi connectivity index (χ3n) is 4.84. The molecule has 1 aliphatic rings. The number of hydrogen-bond acceptors (Lipinski definition) is 6. The molecule has 2 amide bonds. The number of ether oxygens (including phenoxy) is 1. The molecule has 8 nitrogen and oxygen atoms in total. The van der Waals surface area contributed by atoms with Crippen LogP contribution < -0.4 is 15.0 Å². The Bertz CT molecular complexity index is 1240. The molecule has 0 saturated heterocycles.